The molecule has 0 saturated carbocycles. The number of imidazole rings is 1. The van der Waals surface area contributed by atoms with E-state index in [1.165, 1.54) is 12.5 Å². The number of H-pyrrole nitrogens is 1. The third-order valence-corrected chi connectivity index (χ3v) is 4.76. The fourth-order valence-corrected chi connectivity index (χ4v) is 3.30. The Bertz CT molecular complexity index is 1230. The van der Waals surface area contributed by atoms with Gasteiger partial charge < -0.3 is 16.0 Å². The first-order valence-corrected chi connectivity index (χ1v) is 9.17. The summed E-state index contributed by atoms with van der Waals surface area (Å²) < 4.78 is 1.54. The van der Waals surface area contributed by atoms with E-state index in [1.807, 2.05) is 24.3 Å². The van der Waals surface area contributed by atoms with Gasteiger partial charge in [0.25, 0.3) is 11.8 Å². The van der Waals surface area contributed by atoms with Crippen LogP contribution in [0.3, 0.4) is 0 Å². The number of carbonyl (C=O) groups excluding carboxylic acids is 3. The lowest BCUT2D eigenvalue weighted by Gasteiger charge is -2.16. The van der Waals surface area contributed by atoms with E-state index in [0.717, 1.165) is 16.5 Å². The maximum absolute atomic E-state index is 12.9. The first-order valence-electron chi connectivity index (χ1n) is 9.17. The molecule has 0 bridgehead atoms. The second kappa shape index (κ2) is 8.00. The monoisotopic (exact) mass is 402 g/mol. The van der Waals surface area contributed by atoms with Gasteiger partial charge in [-0.2, -0.15) is 0 Å². The standard InChI is InChI=1S/C21H18N6O3/c22-20(29)19(28)17(8-13-9-25-16-6-2-1-5-15(13)16)26-21(30)18-11-24-12-27(18)14-4-3-7-23-10-14/h1-7,9-12,17,25H,8H2,(H2,22,29)(H,26,30). The molecule has 4 N–H and O–H groups in total. The molecule has 1 unspecified atom stereocenters. The van der Waals surface area contributed by atoms with Gasteiger partial charge in [0, 0.05) is 29.7 Å². The molecule has 0 fully saturated rings. The fourth-order valence-electron chi connectivity index (χ4n) is 3.30. The van der Waals surface area contributed by atoms with Gasteiger partial charge in [-0.25, -0.2) is 4.98 Å². The van der Waals surface area contributed by atoms with Crippen molar-refractivity contribution in [3.63, 3.8) is 0 Å². The first kappa shape index (κ1) is 19.1. The van der Waals surface area contributed by atoms with Crippen LogP contribution in [-0.4, -0.2) is 43.2 Å². The summed E-state index contributed by atoms with van der Waals surface area (Å²) in [6.07, 6.45) is 7.90. The van der Waals surface area contributed by atoms with Crippen molar-refractivity contribution >= 4 is 28.5 Å². The highest BCUT2D eigenvalue weighted by molar-refractivity contribution is 6.38. The summed E-state index contributed by atoms with van der Waals surface area (Å²) in [6.45, 7) is 0. The lowest BCUT2D eigenvalue weighted by molar-refractivity contribution is -0.137. The number of benzene rings is 1. The van der Waals surface area contributed by atoms with Crippen LogP contribution in [0.1, 0.15) is 16.1 Å². The zero-order chi connectivity index (χ0) is 21.1. The summed E-state index contributed by atoms with van der Waals surface area (Å²) in [5.41, 5.74) is 7.72. The lowest BCUT2D eigenvalue weighted by atomic mass is 10.0. The van der Waals surface area contributed by atoms with Crippen LogP contribution in [0.4, 0.5) is 0 Å². The van der Waals surface area contributed by atoms with Gasteiger partial charge in [0.1, 0.15) is 11.7 Å². The topological polar surface area (TPSA) is 136 Å². The molecule has 30 heavy (non-hydrogen) atoms. The number of hydrogen-bond acceptors (Lipinski definition) is 5. The van der Waals surface area contributed by atoms with E-state index >= 15 is 0 Å². The van der Waals surface area contributed by atoms with E-state index in [9.17, 15) is 14.4 Å². The Labute approximate surface area is 170 Å². The number of hydrogen-bond donors (Lipinski definition) is 3. The minimum absolute atomic E-state index is 0.110. The molecule has 3 aromatic heterocycles. The molecule has 4 aromatic rings. The number of rotatable bonds is 7. The summed E-state index contributed by atoms with van der Waals surface area (Å²) in [7, 11) is 0. The number of Topliss-reactive ketones (excluding diaryl/α,β-unsaturated/α-hetero) is 1. The number of aromatic amines is 1. The average molecular weight is 402 g/mol. The number of carbonyl (C=O) groups is 3. The summed E-state index contributed by atoms with van der Waals surface area (Å²) in [6, 6.07) is 9.93. The average Bonchev–Trinajstić information content (AvgIpc) is 3.41. The molecule has 9 nitrogen and oxygen atoms in total. The summed E-state index contributed by atoms with van der Waals surface area (Å²) in [5, 5.41) is 3.53. The Hall–Kier alpha value is -4.27. The van der Waals surface area contributed by atoms with Crippen LogP contribution in [-0.2, 0) is 16.0 Å². The minimum Gasteiger partial charge on any atom is -0.363 e. The van der Waals surface area contributed by atoms with Crippen LogP contribution in [0.2, 0.25) is 0 Å². The number of aromatic nitrogens is 4. The first-order chi connectivity index (χ1) is 14.5. The van der Waals surface area contributed by atoms with Gasteiger partial charge in [-0.1, -0.05) is 18.2 Å². The number of nitrogens with one attached hydrogen (secondary N) is 2. The third kappa shape index (κ3) is 3.68. The molecule has 0 aliphatic carbocycles. The van der Waals surface area contributed by atoms with Crippen molar-refractivity contribution in [1.82, 2.24) is 24.8 Å². The number of nitrogens with two attached hydrogens (primary N) is 1. The van der Waals surface area contributed by atoms with Crippen molar-refractivity contribution in [2.45, 2.75) is 12.5 Å². The van der Waals surface area contributed by atoms with Gasteiger partial charge in [0.15, 0.2) is 0 Å². The van der Waals surface area contributed by atoms with Gasteiger partial charge in [-0.05, 0) is 23.8 Å². The van der Waals surface area contributed by atoms with Crippen LogP contribution in [0.25, 0.3) is 16.6 Å². The Morgan fingerprint density at radius 1 is 1.10 bits per heavy atom. The van der Waals surface area contributed by atoms with Gasteiger partial charge >= 0.3 is 0 Å². The number of pyridine rings is 1. The number of fused-ring (bicyclic) bond motifs is 1. The summed E-state index contributed by atoms with van der Waals surface area (Å²) >= 11 is 0. The van der Waals surface area contributed by atoms with E-state index in [4.69, 9.17) is 5.73 Å². The highest BCUT2D eigenvalue weighted by Gasteiger charge is 2.28. The summed E-state index contributed by atoms with van der Waals surface area (Å²) in [4.78, 5) is 48.1. The zero-order valence-corrected chi connectivity index (χ0v) is 15.8. The molecule has 150 valence electrons. The molecule has 0 saturated heterocycles. The Kier molecular flexibility index (Phi) is 5.08. The molecule has 4 rings (SSSR count). The minimum atomic E-state index is -1.12. The van der Waals surface area contributed by atoms with Crippen molar-refractivity contribution < 1.29 is 14.4 Å². The molecule has 2 amide bonds. The Morgan fingerprint density at radius 3 is 2.70 bits per heavy atom. The number of ketones is 1. The second-order valence-electron chi connectivity index (χ2n) is 6.68. The van der Waals surface area contributed by atoms with Crippen LogP contribution in [0.5, 0.6) is 0 Å². The third-order valence-electron chi connectivity index (χ3n) is 4.76. The van der Waals surface area contributed by atoms with E-state index in [1.54, 1.807) is 35.3 Å². The molecular weight excluding hydrogens is 384 g/mol. The summed E-state index contributed by atoms with van der Waals surface area (Å²) in [5.74, 6) is -2.54. The number of amides is 2. The van der Waals surface area contributed by atoms with Crippen molar-refractivity contribution in [1.29, 1.82) is 0 Å². The van der Waals surface area contributed by atoms with E-state index in [2.05, 4.69) is 20.3 Å². The second-order valence-corrected chi connectivity index (χ2v) is 6.68. The molecular formula is C21H18N6O3. The Morgan fingerprint density at radius 2 is 1.93 bits per heavy atom. The van der Waals surface area contributed by atoms with Crippen molar-refractivity contribution in [2.75, 3.05) is 0 Å². The van der Waals surface area contributed by atoms with Crippen LogP contribution < -0.4 is 11.1 Å². The van der Waals surface area contributed by atoms with E-state index in [0.29, 0.717) is 5.69 Å². The number of primary amides is 1. The number of nitrogens with zero attached hydrogens (tertiary/aromatic N) is 3. The maximum atomic E-state index is 12.9. The maximum Gasteiger partial charge on any atom is 0.287 e. The Balaban J connectivity index is 1.62. The molecule has 9 heteroatoms. The predicted molar refractivity (Wildman–Crippen MR) is 109 cm³/mol. The highest BCUT2D eigenvalue weighted by atomic mass is 16.2. The number of para-hydroxylation sites is 1. The fraction of sp³-hybridized carbons (Fsp3) is 0.0952. The molecule has 0 aliphatic heterocycles. The van der Waals surface area contributed by atoms with E-state index in [-0.39, 0.29) is 12.1 Å². The van der Waals surface area contributed by atoms with Crippen LogP contribution in [0, 0.1) is 0 Å². The molecule has 0 spiro atoms. The molecule has 1 atom stereocenters. The highest BCUT2D eigenvalue weighted by Crippen LogP contribution is 2.19. The van der Waals surface area contributed by atoms with Gasteiger partial charge in [0.2, 0.25) is 5.78 Å². The van der Waals surface area contributed by atoms with Crippen LogP contribution in [0.15, 0.2) is 67.5 Å². The van der Waals surface area contributed by atoms with Crippen molar-refractivity contribution in [2.24, 2.45) is 5.73 Å². The lowest BCUT2D eigenvalue weighted by Crippen LogP contribution is -2.47. The van der Waals surface area contributed by atoms with Gasteiger partial charge in [-0.15, -0.1) is 0 Å². The largest absolute Gasteiger partial charge is 0.363 e. The van der Waals surface area contributed by atoms with Gasteiger partial charge in [-0.3, -0.25) is 23.9 Å². The van der Waals surface area contributed by atoms with Crippen molar-refractivity contribution in [3.8, 4) is 5.69 Å². The molecule has 3 heterocycles. The SMILES string of the molecule is NC(=O)C(=O)C(Cc1c[nH]c2ccccc12)NC(=O)c1cncn1-c1cccnc1. The zero-order valence-electron chi connectivity index (χ0n) is 15.8. The molecule has 0 radical (unpaired) electrons. The van der Waals surface area contributed by atoms with Crippen molar-refractivity contribution in [3.05, 3.63) is 78.8 Å². The van der Waals surface area contributed by atoms with Crippen LogP contribution >= 0.6 is 0 Å². The quantitative estimate of drug-likeness (QED) is 0.398. The molecule has 1 aromatic carbocycles. The van der Waals surface area contributed by atoms with E-state index < -0.39 is 23.6 Å². The smallest absolute Gasteiger partial charge is 0.287 e. The van der Waals surface area contributed by atoms with Gasteiger partial charge in [0.05, 0.1) is 24.4 Å². The normalized spacial score (nSPS) is 11.9. The predicted octanol–water partition coefficient (Wildman–Crippen LogP) is 1.14. The molecule has 0 aliphatic rings.